The molecule has 0 saturated carbocycles. The van der Waals surface area contributed by atoms with Crippen LogP contribution in [0.25, 0.3) is 0 Å². The highest BCUT2D eigenvalue weighted by Crippen LogP contribution is 2.37. The molecular weight excluding hydrogens is 306 g/mol. The van der Waals surface area contributed by atoms with Gasteiger partial charge in [-0.25, -0.2) is 0 Å². The highest BCUT2D eigenvalue weighted by Gasteiger charge is 2.09. The molecule has 0 unspecified atom stereocenters. The van der Waals surface area contributed by atoms with Crippen LogP contribution in [0.5, 0.6) is 17.2 Å². The number of para-hydroxylation sites is 1. The van der Waals surface area contributed by atoms with E-state index in [-0.39, 0.29) is 0 Å². The lowest BCUT2D eigenvalue weighted by Gasteiger charge is -2.13. The van der Waals surface area contributed by atoms with E-state index in [9.17, 15) is 0 Å². The molecule has 0 aromatic heterocycles. The number of hydrogen-bond donors (Lipinski definition) is 1. The third-order valence-corrected chi connectivity index (χ3v) is 3.25. The molecule has 2 rings (SSSR count). The van der Waals surface area contributed by atoms with Gasteiger partial charge in [0.25, 0.3) is 0 Å². The molecular formula is C15H16BrNO2. The summed E-state index contributed by atoms with van der Waals surface area (Å²) < 4.78 is 12.2. The lowest BCUT2D eigenvalue weighted by atomic mass is 10.2. The quantitative estimate of drug-likeness (QED) is 0.841. The standard InChI is InChI=1S/C15H16BrNO2/c1-3-18-13-5-4-6-14(15(13)17)19-12-8-7-10(2)9-11(12)16/h4-9H,3,17H2,1-2H3. The van der Waals surface area contributed by atoms with Gasteiger partial charge in [-0.05, 0) is 59.6 Å². The molecule has 2 aromatic carbocycles. The molecule has 2 aromatic rings. The fraction of sp³-hybridized carbons (Fsp3) is 0.200. The van der Waals surface area contributed by atoms with E-state index in [1.54, 1.807) is 0 Å². The molecule has 0 amide bonds. The van der Waals surface area contributed by atoms with Crippen molar-refractivity contribution < 1.29 is 9.47 Å². The number of ether oxygens (including phenoxy) is 2. The maximum absolute atomic E-state index is 6.03. The maximum atomic E-state index is 6.03. The van der Waals surface area contributed by atoms with Crippen LogP contribution in [0.15, 0.2) is 40.9 Å². The normalized spacial score (nSPS) is 10.3. The molecule has 0 spiro atoms. The van der Waals surface area contributed by atoms with Crippen LogP contribution in [0.4, 0.5) is 5.69 Å². The molecule has 2 N–H and O–H groups in total. The predicted molar refractivity (Wildman–Crippen MR) is 81.0 cm³/mol. The Morgan fingerprint density at radius 1 is 1.11 bits per heavy atom. The van der Waals surface area contributed by atoms with E-state index in [0.717, 1.165) is 15.8 Å². The van der Waals surface area contributed by atoms with Gasteiger partial charge >= 0.3 is 0 Å². The number of nitrogen functional groups attached to an aromatic ring is 1. The molecule has 3 nitrogen and oxygen atoms in total. The van der Waals surface area contributed by atoms with Gasteiger partial charge in [0.05, 0.1) is 11.1 Å². The van der Waals surface area contributed by atoms with E-state index in [1.807, 2.05) is 50.2 Å². The van der Waals surface area contributed by atoms with E-state index in [1.165, 1.54) is 0 Å². The van der Waals surface area contributed by atoms with Crippen molar-refractivity contribution in [3.8, 4) is 17.2 Å². The molecule has 19 heavy (non-hydrogen) atoms. The second-order valence-corrected chi connectivity index (χ2v) is 4.99. The Labute approximate surface area is 121 Å². The Kier molecular flexibility index (Phi) is 4.32. The minimum atomic E-state index is 0.511. The Morgan fingerprint density at radius 3 is 2.53 bits per heavy atom. The van der Waals surface area contributed by atoms with Crippen molar-refractivity contribution in [2.75, 3.05) is 12.3 Å². The van der Waals surface area contributed by atoms with Crippen molar-refractivity contribution in [2.24, 2.45) is 0 Å². The highest BCUT2D eigenvalue weighted by atomic mass is 79.9. The van der Waals surface area contributed by atoms with Gasteiger partial charge in [0.15, 0.2) is 5.75 Å². The Morgan fingerprint density at radius 2 is 1.84 bits per heavy atom. The van der Waals surface area contributed by atoms with Crippen LogP contribution in [0.1, 0.15) is 12.5 Å². The first-order valence-electron chi connectivity index (χ1n) is 6.07. The van der Waals surface area contributed by atoms with Crippen LogP contribution < -0.4 is 15.2 Å². The molecule has 0 aliphatic heterocycles. The topological polar surface area (TPSA) is 44.5 Å². The summed E-state index contributed by atoms with van der Waals surface area (Å²) in [7, 11) is 0. The number of hydrogen-bond acceptors (Lipinski definition) is 3. The smallest absolute Gasteiger partial charge is 0.154 e. The highest BCUT2D eigenvalue weighted by molar-refractivity contribution is 9.10. The van der Waals surface area contributed by atoms with Crippen LogP contribution >= 0.6 is 15.9 Å². The van der Waals surface area contributed by atoms with E-state index >= 15 is 0 Å². The molecule has 4 heteroatoms. The van der Waals surface area contributed by atoms with Crippen molar-refractivity contribution in [2.45, 2.75) is 13.8 Å². The second-order valence-electron chi connectivity index (χ2n) is 4.14. The third kappa shape index (κ3) is 3.20. The summed E-state index contributed by atoms with van der Waals surface area (Å²) in [6.45, 7) is 4.52. The van der Waals surface area contributed by atoms with Gasteiger partial charge in [-0.3, -0.25) is 0 Å². The lowest BCUT2D eigenvalue weighted by Crippen LogP contribution is -1.99. The zero-order valence-electron chi connectivity index (χ0n) is 10.9. The molecule has 0 atom stereocenters. The van der Waals surface area contributed by atoms with Gasteiger partial charge in [0.2, 0.25) is 0 Å². The minimum absolute atomic E-state index is 0.511. The van der Waals surface area contributed by atoms with Crippen LogP contribution in [0.2, 0.25) is 0 Å². The zero-order valence-corrected chi connectivity index (χ0v) is 12.5. The Balaban J connectivity index is 2.30. The summed E-state index contributed by atoms with van der Waals surface area (Å²) in [5.41, 5.74) is 7.71. The summed E-state index contributed by atoms with van der Waals surface area (Å²) in [6, 6.07) is 11.4. The first kappa shape index (κ1) is 13.7. The average Bonchev–Trinajstić information content (AvgIpc) is 2.37. The summed E-state index contributed by atoms with van der Waals surface area (Å²) >= 11 is 3.48. The van der Waals surface area contributed by atoms with Crippen molar-refractivity contribution >= 4 is 21.6 Å². The first-order chi connectivity index (χ1) is 9.11. The third-order valence-electron chi connectivity index (χ3n) is 2.63. The van der Waals surface area contributed by atoms with Crippen molar-refractivity contribution in [3.05, 3.63) is 46.4 Å². The van der Waals surface area contributed by atoms with E-state index in [4.69, 9.17) is 15.2 Å². The number of nitrogens with two attached hydrogens (primary N) is 1. The van der Waals surface area contributed by atoms with Gasteiger partial charge < -0.3 is 15.2 Å². The SMILES string of the molecule is CCOc1cccc(Oc2ccc(C)cc2Br)c1N. The Bertz CT molecular complexity index is 584. The van der Waals surface area contributed by atoms with Gasteiger partial charge in [-0.1, -0.05) is 12.1 Å². The van der Waals surface area contributed by atoms with E-state index in [2.05, 4.69) is 15.9 Å². The lowest BCUT2D eigenvalue weighted by molar-refractivity contribution is 0.340. The van der Waals surface area contributed by atoms with Gasteiger partial charge in [0.1, 0.15) is 17.2 Å². The summed E-state index contributed by atoms with van der Waals surface area (Å²) in [4.78, 5) is 0. The largest absolute Gasteiger partial charge is 0.492 e. The van der Waals surface area contributed by atoms with Gasteiger partial charge in [-0.15, -0.1) is 0 Å². The summed E-state index contributed by atoms with van der Waals surface area (Å²) in [6.07, 6.45) is 0. The minimum Gasteiger partial charge on any atom is -0.492 e. The number of rotatable bonds is 4. The molecule has 0 aliphatic carbocycles. The molecule has 0 radical (unpaired) electrons. The molecule has 0 bridgehead atoms. The van der Waals surface area contributed by atoms with Crippen LogP contribution in [-0.4, -0.2) is 6.61 Å². The molecule has 0 aliphatic rings. The predicted octanol–water partition coefficient (Wildman–Crippen LogP) is 4.53. The Hall–Kier alpha value is -1.68. The van der Waals surface area contributed by atoms with Gasteiger partial charge in [-0.2, -0.15) is 0 Å². The fourth-order valence-corrected chi connectivity index (χ4v) is 2.28. The van der Waals surface area contributed by atoms with Crippen LogP contribution in [-0.2, 0) is 0 Å². The van der Waals surface area contributed by atoms with Gasteiger partial charge in [0, 0.05) is 0 Å². The van der Waals surface area contributed by atoms with Crippen LogP contribution in [0, 0.1) is 6.92 Å². The number of benzene rings is 2. The van der Waals surface area contributed by atoms with Crippen molar-refractivity contribution in [1.29, 1.82) is 0 Å². The molecule has 0 saturated heterocycles. The van der Waals surface area contributed by atoms with E-state index < -0.39 is 0 Å². The van der Waals surface area contributed by atoms with Crippen molar-refractivity contribution in [1.82, 2.24) is 0 Å². The van der Waals surface area contributed by atoms with Crippen molar-refractivity contribution in [3.63, 3.8) is 0 Å². The fourth-order valence-electron chi connectivity index (χ4n) is 1.70. The molecule has 100 valence electrons. The average molecular weight is 322 g/mol. The number of aryl methyl sites for hydroxylation is 1. The first-order valence-corrected chi connectivity index (χ1v) is 6.86. The second kappa shape index (κ2) is 5.97. The monoisotopic (exact) mass is 321 g/mol. The zero-order chi connectivity index (χ0) is 13.8. The van der Waals surface area contributed by atoms with Crippen LogP contribution in [0.3, 0.4) is 0 Å². The summed E-state index contributed by atoms with van der Waals surface area (Å²) in [5, 5.41) is 0. The molecule has 0 fully saturated rings. The maximum Gasteiger partial charge on any atom is 0.154 e. The number of halogens is 1. The number of anilines is 1. The van der Waals surface area contributed by atoms with E-state index in [0.29, 0.717) is 23.8 Å². The molecule has 0 heterocycles. The summed E-state index contributed by atoms with van der Waals surface area (Å²) in [5.74, 6) is 1.96.